The van der Waals surface area contributed by atoms with Crippen LogP contribution in [-0.4, -0.2) is 50.0 Å². The summed E-state index contributed by atoms with van der Waals surface area (Å²) in [5, 5.41) is 0.752. The number of nitrogens with zero attached hydrogens (tertiary/aromatic N) is 4. The number of thioether (sulfide) groups is 1. The Balaban J connectivity index is 1.56. The Bertz CT molecular complexity index is 971. The summed E-state index contributed by atoms with van der Waals surface area (Å²) >= 11 is 4.74. The van der Waals surface area contributed by atoms with Gasteiger partial charge in [0.2, 0.25) is 11.8 Å². The molecule has 1 aromatic heterocycles. The van der Waals surface area contributed by atoms with E-state index in [9.17, 15) is 14.4 Å². The number of imidazole rings is 1. The topological polar surface area (TPSA) is 75.5 Å². The molecule has 1 aliphatic carbocycles. The number of hydrogen-bond acceptors (Lipinski definition) is 5. The second kappa shape index (κ2) is 9.56. The van der Waals surface area contributed by atoms with Gasteiger partial charge in [-0.2, -0.15) is 0 Å². The van der Waals surface area contributed by atoms with E-state index in [4.69, 9.17) is 0 Å². The summed E-state index contributed by atoms with van der Waals surface area (Å²) in [5.41, 5.74) is 0.541. The van der Waals surface area contributed by atoms with Crippen molar-refractivity contribution < 1.29 is 14.4 Å². The lowest BCUT2D eigenvalue weighted by molar-refractivity contribution is -0.139. The predicted octanol–water partition coefficient (Wildman–Crippen LogP) is 3.77. The number of aromatic nitrogens is 2. The Morgan fingerprint density at radius 1 is 1.19 bits per heavy atom. The standard InChI is InChI=1S/C22H25BrN4O3S/c1-25-12-11-24-22(25)31-14-20(29)26(16-5-3-2-4-6-16)18-13-19(28)27(21(18)30)17-9-7-15(23)8-10-17/h7-12,16,18H,2-6,13-14H2,1H3. The third kappa shape index (κ3) is 4.72. The summed E-state index contributed by atoms with van der Waals surface area (Å²) in [5.74, 6) is -0.489. The van der Waals surface area contributed by atoms with Gasteiger partial charge >= 0.3 is 0 Å². The third-order valence-corrected chi connectivity index (χ3v) is 7.47. The first-order chi connectivity index (χ1) is 15.0. The normalized spacial score (nSPS) is 19.8. The Morgan fingerprint density at radius 3 is 2.55 bits per heavy atom. The Morgan fingerprint density at radius 2 is 1.90 bits per heavy atom. The maximum absolute atomic E-state index is 13.4. The van der Waals surface area contributed by atoms with Crippen LogP contribution in [0.2, 0.25) is 0 Å². The van der Waals surface area contributed by atoms with Crippen LogP contribution < -0.4 is 4.90 Å². The second-order valence-electron chi connectivity index (χ2n) is 7.97. The molecule has 1 saturated heterocycles. The number of benzene rings is 1. The zero-order valence-corrected chi connectivity index (χ0v) is 19.8. The molecule has 0 radical (unpaired) electrons. The smallest absolute Gasteiger partial charge is 0.257 e. The molecule has 1 aromatic carbocycles. The second-order valence-corrected chi connectivity index (χ2v) is 9.82. The van der Waals surface area contributed by atoms with Crippen LogP contribution in [0.5, 0.6) is 0 Å². The van der Waals surface area contributed by atoms with Crippen LogP contribution >= 0.6 is 27.7 Å². The number of rotatable bonds is 6. The summed E-state index contributed by atoms with van der Waals surface area (Å²) in [6.07, 6.45) is 8.51. The van der Waals surface area contributed by atoms with Gasteiger partial charge < -0.3 is 9.47 Å². The van der Waals surface area contributed by atoms with Crippen LogP contribution in [0.25, 0.3) is 0 Å². The van der Waals surface area contributed by atoms with E-state index >= 15 is 0 Å². The van der Waals surface area contributed by atoms with Crippen molar-refractivity contribution in [3.63, 3.8) is 0 Å². The molecule has 2 fully saturated rings. The van der Waals surface area contributed by atoms with Crippen LogP contribution in [0.3, 0.4) is 0 Å². The molecule has 9 heteroatoms. The van der Waals surface area contributed by atoms with Gasteiger partial charge in [-0.15, -0.1) is 0 Å². The number of carbonyl (C=O) groups is 3. The summed E-state index contributed by atoms with van der Waals surface area (Å²) in [4.78, 5) is 46.7. The molecule has 2 heterocycles. The van der Waals surface area contributed by atoms with Crippen LogP contribution in [-0.2, 0) is 21.4 Å². The maximum Gasteiger partial charge on any atom is 0.257 e. The van der Waals surface area contributed by atoms with E-state index in [1.165, 1.54) is 16.7 Å². The molecule has 3 amide bonds. The van der Waals surface area contributed by atoms with Crippen LogP contribution in [0, 0.1) is 0 Å². The largest absolute Gasteiger partial charge is 0.329 e. The van der Waals surface area contributed by atoms with Gasteiger partial charge in [-0.25, -0.2) is 9.88 Å². The van der Waals surface area contributed by atoms with Crippen molar-refractivity contribution in [2.75, 3.05) is 10.7 Å². The lowest BCUT2D eigenvalue weighted by Gasteiger charge is -2.37. The zero-order valence-electron chi connectivity index (χ0n) is 17.4. The Labute approximate surface area is 194 Å². The molecule has 4 rings (SSSR count). The number of anilines is 1. The van der Waals surface area contributed by atoms with Gasteiger partial charge in [-0.3, -0.25) is 14.4 Å². The van der Waals surface area contributed by atoms with E-state index in [0.29, 0.717) is 5.69 Å². The SMILES string of the molecule is Cn1ccnc1SCC(=O)N(C1CCCCC1)C1CC(=O)N(c2ccc(Br)cc2)C1=O. The molecule has 0 N–H and O–H groups in total. The van der Waals surface area contributed by atoms with Gasteiger partial charge in [0.15, 0.2) is 5.16 Å². The minimum absolute atomic E-state index is 0.00478. The molecule has 31 heavy (non-hydrogen) atoms. The molecule has 1 atom stereocenters. The third-order valence-electron chi connectivity index (χ3n) is 5.90. The van der Waals surface area contributed by atoms with Gasteiger partial charge in [-0.05, 0) is 37.1 Å². The summed E-state index contributed by atoms with van der Waals surface area (Å²) in [6, 6.07) is 6.34. The Hall–Kier alpha value is -2.13. The summed E-state index contributed by atoms with van der Waals surface area (Å²) in [7, 11) is 1.88. The van der Waals surface area contributed by atoms with Crippen molar-refractivity contribution in [2.45, 2.75) is 55.8 Å². The number of halogens is 1. The molecule has 2 aromatic rings. The van der Waals surface area contributed by atoms with E-state index < -0.39 is 6.04 Å². The predicted molar refractivity (Wildman–Crippen MR) is 123 cm³/mol. The number of hydrogen-bond donors (Lipinski definition) is 0. The highest BCUT2D eigenvalue weighted by atomic mass is 79.9. The maximum atomic E-state index is 13.4. The first-order valence-electron chi connectivity index (χ1n) is 10.5. The van der Waals surface area contributed by atoms with Crippen LogP contribution in [0.1, 0.15) is 38.5 Å². The molecule has 1 saturated carbocycles. The molecule has 0 spiro atoms. The first kappa shape index (κ1) is 22.1. The average Bonchev–Trinajstić information content (AvgIpc) is 3.30. The van der Waals surface area contributed by atoms with Crippen molar-refractivity contribution >= 4 is 51.1 Å². The van der Waals surface area contributed by atoms with E-state index in [1.54, 1.807) is 35.4 Å². The summed E-state index contributed by atoms with van der Waals surface area (Å²) < 4.78 is 2.74. The van der Waals surface area contributed by atoms with E-state index in [0.717, 1.165) is 41.7 Å². The quantitative estimate of drug-likeness (QED) is 0.442. The van der Waals surface area contributed by atoms with Crippen molar-refractivity contribution in [2.24, 2.45) is 7.05 Å². The molecule has 0 bridgehead atoms. The average molecular weight is 505 g/mol. The van der Waals surface area contributed by atoms with Crippen LogP contribution in [0.15, 0.2) is 46.3 Å². The van der Waals surface area contributed by atoms with Crippen molar-refractivity contribution in [1.29, 1.82) is 0 Å². The highest BCUT2D eigenvalue weighted by molar-refractivity contribution is 9.10. The van der Waals surface area contributed by atoms with E-state index in [2.05, 4.69) is 20.9 Å². The fourth-order valence-corrected chi connectivity index (χ4v) is 5.44. The number of amides is 3. The lowest BCUT2D eigenvalue weighted by Crippen LogP contribution is -2.52. The minimum Gasteiger partial charge on any atom is -0.329 e. The van der Waals surface area contributed by atoms with E-state index in [1.807, 2.05) is 17.8 Å². The number of aryl methyl sites for hydroxylation is 1. The minimum atomic E-state index is -0.742. The molecular formula is C22H25BrN4O3S. The fraction of sp³-hybridized carbons (Fsp3) is 0.455. The zero-order chi connectivity index (χ0) is 22.0. The monoisotopic (exact) mass is 504 g/mol. The van der Waals surface area contributed by atoms with Crippen LogP contribution in [0.4, 0.5) is 5.69 Å². The van der Waals surface area contributed by atoms with Gasteiger partial charge in [0.05, 0.1) is 17.9 Å². The molecule has 1 unspecified atom stereocenters. The molecular weight excluding hydrogens is 480 g/mol. The molecule has 7 nitrogen and oxygen atoms in total. The van der Waals surface area contributed by atoms with Gasteiger partial charge in [0.25, 0.3) is 5.91 Å². The molecule has 164 valence electrons. The van der Waals surface area contributed by atoms with Crippen molar-refractivity contribution in [3.05, 3.63) is 41.1 Å². The van der Waals surface area contributed by atoms with Gasteiger partial charge in [-0.1, -0.05) is 47.0 Å². The lowest BCUT2D eigenvalue weighted by atomic mass is 9.92. The fourth-order valence-electron chi connectivity index (χ4n) is 4.38. The molecule has 2 aliphatic rings. The Kier molecular flexibility index (Phi) is 6.81. The highest BCUT2D eigenvalue weighted by Crippen LogP contribution is 2.32. The number of carbonyl (C=O) groups excluding carboxylic acids is 3. The van der Waals surface area contributed by atoms with Crippen molar-refractivity contribution in [3.8, 4) is 0 Å². The highest BCUT2D eigenvalue weighted by Gasteiger charge is 2.46. The first-order valence-corrected chi connectivity index (χ1v) is 12.3. The van der Waals surface area contributed by atoms with Gasteiger partial charge in [0, 0.05) is 30.0 Å². The number of imide groups is 1. The van der Waals surface area contributed by atoms with E-state index in [-0.39, 0.29) is 35.9 Å². The van der Waals surface area contributed by atoms with Crippen molar-refractivity contribution in [1.82, 2.24) is 14.5 Å². The summed E-state index contributed by atoms with van der Waals surface area (Å²) in [6.45, 7) is 0. The molecule has 1 aliphatic heterocycles. The van der Waals surface area contributed by atoms with Gasteiger partial charge in [0.1, 0.15) is 6.04 Å².